The number of hydrogen-bond donors (Lipinski definition) is 2. The summed E-state index contributed by atoms with van der Waals surface area (Å²) in [7, 11) is 6.94. The molecule has 44 heavy (non-hydrogen) atoms. The average molecular weight is 598 g/mol. The van der Waals surface area contributed by atoms with Gasteiger partial charge in [0.1, 0.15) is 5.84 Å². The summed E-state index contributed by atoms with van der Waals surface area (Å²) in [5.74, 6) is 0.793. The largest absolute Gasteiger partial charge is 0.347 e. The zero-order chi connectivity index (χ0) is 31.3. The predicted octanol–water partition coefficient (Wildman–Crippen LogP) is 2.10. The van der Waals surface area contributed by atoms with E-state index in [1.165, 1.54) is 0 Å². The van der Waals surface area contributed by atoms with Gasteiger partial charge in [0.15, 0.2) is 5.82 Å². The van der Waals surface area contributed by atoms with Crippen LogP contribution >= 0.6 is 0 Å². The van der Waals surface area contributed by atoms with Crippen LogP contribution in [0.2, 0.25) is 0 Å². The Labute approximate surface area is 256 Å². The number of nitrogens with zero attached hydrogens (tertiary/aromatic N) is 7. The molecule has 3 aromatic rings. The van der Waals surface area contributed by atoms with Crippen LogP contribution in [0.4, 0.5) is 0 Å². The molecule has 0 radical (unpaired) electrons. The van der Waals surface area contributed by atoms with Crippen LogP contribution in [0.5, 0.6) is 0 Å². The molecule has 2 saturated heterocycles. The number of hydrogen-bond acceptors (Lipinski definition) is 7. The Morgan fingerprint density at radius 1 is 1.02 bits per heavy atom. The molecule has 1 aliphatic carbocycles. The van der Waals surface area contributed by atoms with E-state index in [2.05, 4.69) is 20.6 Å². The molecular weight excluding hydrogens is 558 g/mol. The second-order valence-corrected chi connectivity index (χ2v) is 12.6. The van der Waals surface area contributed by atoms with Crippen molar-refractivity contribution in [3.63, 3.8) is 0 Å². The number of aryl methyl sites for hydroxylation is 2. The number of H-pyrrole nitrogens is 1. The number of piperazine rings is 1. The molecule has 0 spiro atoms. The first-order valence-electron chi connectivity index (χ1n) is 15.1. The number of benzene rings is 2. The van der Waals surface area contributed by atoms with Gasteiger partial charge in [0.2, 0.25) is 5.91 Å². The molecular formula is C32H39N9O3. The van der Waals surface area contributed by atoms with E-state index in [0.717, 1.165) is 35.1 Å². The van der Waals surface area contributed by atoms with Gasteiger partial charge in [-0.2, -0.15) is 5.21 Å². The lowest BCUT2D eigenvalue weighted by molar-refractivity contribution is -0.133. The van der Waals surface area contributed by atoms with E-state index in [-0.39, 0.29) is 36.3 Å². The van der Waals surface area contributed by atoms with E-state index >= 15 is 0 Å². The van der Waals surface area contributed by atoms with E-state index < -0.39 is 5.41 Å². The topological polar surface area (TPSA) is 142 Å². The van der Waals surface area contributed by atoms with E-state index in [1.54, 1.807) is 38.0 Å². The fraction of sp³-hybridized carbons (Fsp3) is 0.469. The van der Waals surface area contributed by atoms with Gasteiger partial charge in [0.05, 0.1) is 18.0 Å². The Bertz CT molecular complexity index is 1560. The summed E-state index contributed by atoms with van der Waals surface area (Å²) in [5.41, 5.74) is 4.10. The first-order valence-corrected chi connectivity index (χ1v) is 15.1. The number of fused-ring (bicyclic) bond motifs is 3. The first kappa shape index (κ1) is 29.5. The summed E-state index contributed by atoms with van der Waals surface area (Å²) in [6.07, 6.45) is 3.41. The number of amidine groups is 1. The molecule has 2 atom stereocenters. The lowest BCUT2D eigenvalue weighted by Crippen LogP contribution is -2.60. The molecule has 6 rings (SSSR count). The Kier molecular flexibility index (Phi) is 7.46. The zero-order valence-corrected chi connectivity index (χ0v) is 25.9. The van der Waals surface area contributed by atoms with Crippen LogP contribution in [0.3, 0.4) is 0 Å². The highest BCUT2D eigenvalue weighted by atomic mass is 16.2. The summed E-state index contributed by atoms with van der Waals surface area (Å²) in [6.45, 7) is 2.89. The Morgan fingerprint density at radius 3 is 2.14 bits per heavy atom. The Balaban J connectivity index is 1.54. The van der Waals surface area contributed by atoms with Gasteiger partial charge in [-0.25, -0.2) is 0 Å². The third kappa shape index (κ3) is 4.72. The molecule has 2 fully saturated rings. The molecule has 3 heterocycles. The molecule has 1 unspecified atom stereocenters. The van der Waals surface area contributed by atoms with Gasteiger partial charge in [-0.1, -0.05) is 17.3 Å². The lowest BCUT2D eigenvalue weighted by Gasteiger charge is -2.45. The number of aromatic nitrogens is 4. The molecule has 0 bridgehead atoms. The van der Waals surface area contributed by atoms with Gasteiger partial charge < -0.3 is 19.6 Å². The van der Waals surface area contributed by atoms with E-state index in [4.69, 9.17) is 5.41 Å². The summed E-state index contributed by atoms with van der Waals surface area (Å²) >= 11 is 0. The van der Waals surface area contributed by atoms with Gasteiger partial charge in [-0.3, -0.25) is 19.8 Å². The molecule has 3 aliphatic rings. The summed E-state index contributed by atoms with van der Waals surface area (Å²) in [5, 5.41) is 24.9. The normalized spacial score (nSPS) is 19.5. The highest BCUT2D eigenvalue weighted by Crippen LogP contribution is 2.47. The quantitative estimate of drug-likeness (QED) is 0.443. The molecule has 2 aliphatic heterocycles. The fourth-order valence-corrected chi connectivity index (χ4v) is 7.33. The highest BCUT2D eigenvalue weighted by molar-refractivity contribution is 5.97. The second-order valence-electron chi connectivity index (χ2n) is 12.6. The maximum absolute atomic E-state index is 13.2. The molecule has 2 aromatic carbocycles. The molecule has 3 amide bonds. The van der Waals surface area contributed by atoms with Crippen LogP contribution in [0.15, 0.2) is 36.4 Å². The number of amides is 3. The molecule has 0 saturated carbocycles. The first-order chi connectivity index (χ1) is 21.0. The minimum Gasteiger partial charge on any atom is -0.347 e. The fourth-order valence-electron chi connectivity index (χ4n) is 7.33. The maximum Gasteiger partial charge on any atom is 0.253 e. The number of carbonyl (C=O) groups is 3. The number of tetrazole rings is 1. The summed E-state index contributed by atoms with van der Waals surface area (Å²) in [6, 6.07) is 11.1. The van der Waals surface area contributed by atoms with Crippen LogP contribution in [-0.2, 0) is 23.1 Å². The maximum atomic E-state index is 13.2. The van der Waals surface area contributed by atoms with E-state index in [1.807, 2.05) is 53.1 Å². The van der Waals surface area contributed by atoms with Gasteiger partial charge in [0.25, 0.3) is 11.8 Å². The standard InChI is InChI=1S/C32H39N9O3/c1-19(41-18-27(42)40-14-6-7-26(40)28(41)33)17-32(31-34-36-37-35-31)24-12-10-22(29(43)38(2)3)15-20(24)8-9-21-16-23(11-13-25(21)32)30(44)39(4)5/h10-13,15-16,19,26,33H,6-9,14,17-18H2,1-5H3,(H,34,35,36,37)/t19-,26?/m0/s1. The molecule has 1 aromatic heterocycles. The molecule has 12 heteroatoms. The zero-order valence-electron chi connectivity index (χ0n) is 25.9. The number of nitrogens with one attached hydrogen (secondary N) is 2. The van der Waals surface area contributed by atoms with Crippen LogP contribution in [0.25, 0.3) is 0 Å². The van der Waals surface area contributed by atoms with Gasteiger partial charge in [-0.15, -0.1) is 10.2 Å². The van der Waals surface area contributed by atoms with Crippen molar-refractivity contribution in [3.8, 4) is 0 Å². The van der Waals surface area contributed by atoms with E-state index in [9.17, 15) is 14.4 Å². The monoisotopic (exact) mass is 597 g/mol. The number of rotatable bonds is 6. The van der Waals surface area contributed by atoms with Crippen molar-refractivity contribution in [3.05, 3.63) is 75.6 Å². The summed E-state index contributed by atoms with van der Waals surface area (Å²) < 4.78 is 0. The minimum absolute atomic E-state index is 0.0457. The second kappa shape index (κ2) is 11.1. The average Bonchev–Trinajstić information content (AvgIpc) is 3.71. The number of carbonyl (C=O) groups excluding carboxylic acids is 3. The van der Waals surface area contributed by atoms with Crippen molar-refractivity contribution in [2.75, 3.05) is 41.3 Å². The van der Waals surface area contributed by atoms with Crippen LogP contribution < -0.4 is 0 Å². The van der Waals surface area contributed by atoms with Gasteiger partial charge >= 0.3 is 0 Å². The molecule has 2 N–H and O–H groups in total. The number of aromatic amines is 1. The minimum atomic E-state index is -0.941. The van der Waals surface area contributed by atoms with E-state index in [0.29, 0.717) is 48.6 Å². The van der Waals surface area contributed by atoms with Crippen LogP contribution in [0, 0.1) is 5.41 Å². The van der Waals surface area contributed by atoms with Crippen LogP contribution in [-0.4, -0.2) is 117 Å². The van der Waals surface area contributed by atoms with Crippen molar-refractivity contribution < 1.29 is 14.4 Å². The lowest BCUT2D eigenvalue weighted by atomic mass is 9.67. The SMILES string of the molecule is C[C@@H](CC1(c2nn[nH]n2)c2ccc(C(=O)N(C)C)cc2CCc2cc(C(=O)N(C)C)ccc21)N1CC(=O)N2CCCC2C1=N. The third-order valence-electron chi connectivity index (χ3n) is 9.46. The smallest absolute Gasteiger partial charge is 0.253 e. The van der Waals surface area contributed by atoms with Crippen molar-refractivity contribution >= 4 is 23.6 Å². The highest BCUT2D eigenvalue weighted by Gasteiger charge is 2.48. The Morgan fingerprint density at radius 2 is 1.61 bits per heavy atom. The third-order valence-corrected chi connectivity index (χ3v) is 9.46. The molecule has 12 nitrogen and oxygen atoms in total. The van der Waals surface area contributed by atoms with Crippen molar-refractivity contribution in [1.29, 1.82) is 5.41 Å². The summed E-state index contributed by atoms with van der Waals surface area (Å²) in [4.78, 5) is 46.1. The Hall–Kier alpha value is -4.61. The van der Waals surface area contributed by atoms with Crippen molar-refractivity contribution in [2.24, 2.45) is 0 Å². The van der Waals surface area contributed by atoms with Gasteiger partial charge in [-0.05, 0) is 85.5 Å². The van der Waals surface area contributed by atoms with Crippen molar-refractivity contribution in [2.45, 2.75) is 56.5 Å². The van der Waals surface area contributed by atoms with Crippen molar-refractivity contribution in [1.82, 2.24) is 40.2 Å². The van der Waals surface area contributed by atoms with Crippen LogP contribution in [0.1, 0.15) is 75.0 Å². The van der Waals surface area contributed by atoms with Gasteiger partial charge in [0, 0.05) is 51.9 Å². The predicted molar refractivity (Wildman–Crippen MR) is 164 cm³/mol. The molecule has 230 valence electrons.